The SMILES string of the molecule is NS(=O)(=O)c1ccc(-c2ccc(=O)n(-c3ccccc3)c2)cc1. The van der Waals surface area contributed by atoms with Gasteiger partial charge in [-0.2, -0.15) is 0 Å². The van der Waals surface area contributed by atoms with Crippen LogP contribution in [0.25, 0.3) is 16.8 Å². The van der Waals surface area contributed by atoms with E-state index in [1.54, 1.807) is 29.0 Å². The Kier molecular flexibility index (Phi) is 3.85. The molecule has 2 N–H and O–H groups in total. The first-order valence-corrected chi connectivity index (χ1v) is 8.41. The van der Waals surface area contributed by atoms with E-state index in [0.717, 1.165) is 16.8 Å². The van der Waals surface area contributed by atoms with Crippen LogP contribution in [0.5, 0.6) is 0 Å². The molecule has 23 heavy (non-hydrogen) atoms. The van der Waals surface area contributed by atoms with E-state index in [9.17, 15) is 13.2 Å². The average Bonchev–Trinajstić information content (AvgIpc) is 2.55. The van der Waals surface area contributed by atoms with Crippen molar-refractivity contribution in [2.45, 2.75) is 4.90 Å². The lowest BCUT2D eigenvalue weighted by Gasteiger charge is -2.09. The summed E-state index contributed by atoms with van der Waals surface area (Å²) in [6.07, 6.45) is 1.73. The molecule has 0 amide bonds. The number of nitrogens with zero attached hydrogens (tertiary/aromatic N) is 1. The highest BCUT2D eigenvalue weighted by Crippen LogP contribution is 2.20. The quantitative estimate of drug-likeness (QED) is 0.800. The zero-order chi connectivity index (χ0) is 16.4. The van der Waals surface area contributed by atoms with E-state index in [4.69, 9.17) is 5.14 Å². The Bertz CT molecular complexity index is 992. The molecule has 0 atom stereocenters. The van der Waals surface area contributed by atoms with Crippen molar-refractivity contribution in [3.8, 4) is 16.8 Å². The van der Waals surface area contributed by atoms with Gasteiger partial charge in [0.05, 0.1) is 4.90 Å². The largest absolute Gasteiger partial charge is 0.284 e. The van der Waals surface area contributed by atoms with E-state index < -0.39 is 10.0 Å². The minimum Gasteiger partial charge on any atom is -0.284 e. The van der Waals surface area contributed by atoms with Gasteiger partial charge in [0.15, 0.2) is 0 Å². The second-order valence-electron chi connectivity index (χ2n) is 5.03. The second kappa shape index (κ2) is 5.83. The predicted molar refractivity (Wildman–Crippen MR) is 88.8 cm³/mol. The lowest BCUT2D eigenvalue weighted by molar-refractivity contribution is 0.598. The van der Waals surface area contributed by atoms with Gasteiger partial charge in [-0.25, -0.2) is 13.6 Å². The van der Waals surface area contributed by atoms with Gasteiger partial charge in [-0.1, -0.05) is 30.3 Å². The molecule has 0 spiro atoms. The van der Waals surface area contributed by atoms with Gasteiger partial charge >= 0.3 is 0 Å². The Morgan fingerprint density at radius 1 is 0.783 bits per heavy atom. The molecule has 3 rings (SSSR count). The van der Waals surface area contributed by atoms with Crippen molar-refractivity contribution < 1.29 is 8.42 Å². The number of primary sulfonamides is 1. The second-order valence-corrected chi connectivity index (χ2v) is 6.59. The molecule has 0 unspecified atom stereocenters. The summed E-state index contributed by atoms with van der Waals surface area (Å²) in [5.74, 6) is 0. The zero-order valence-electron chi connectivity index (χ0n) is 12.1. The number of benzene rings is 2. The maximum absolute atomic E-state index is 12.1. The van der Waals surface area contributed by atoms with Gasteiger partial charge in [-0.05, 0) is 41.5 Å². The Balaban J connectivity index is 2.06. The van der Waals surface area contributed by atoms with Crippen molar-refractivity contribution in [3.05, 3.63) is 83.3 Å². The van der Waals surface area contributed by atoms with Crippen molar-refractivity contribution in [1.29, 1.82) is 0 Å². The molecule has 0 saturated heterocycles. The van der Waals surface area contributed by atoms with E-state index >= 15 is 0 Å². The molecule has 2 aromatic carbocycles. The van der Waals surface area contributed by atoms with Gasteiger partial charge in [0, 0.05) is 18.0 Å². The van der Waals surface area contributed by atoms with Crippen molar-refractivity contribution in [1.82, 2.24) is 4.57 Å². The Morgan fingerprint density at radius 2 is 1.39 bits per heavy atom. The third-order valence-electron chi connectivity index (χ3n) is 3.46. The van der Waals surface area contributed by atoms with Crippen LogP contribution in [-0.4, -0.2) is 13.0 Å². The first kappa shape index (κ1) is 15.2. The predicted octanol–water partition coefficient (Wildman–Crippen LogP) is 2.15. The van der Waals surface area contributed by atoms with Crippen LogP contribution in [0.3, 0.4) is 0 Å². The summed E-state index contributed by atoms with van der Waals surface area (Å²) < 4.78 is 24.1. The zero-order valence-corrected chi connectivity index (χ0v) is 12.9. The van der Waals surface area contributed by atoms with Crippen LogP contribution in [0.1, 0.15) is 0 Å². The summed E-state index contributed by atoms with van der Waals surface area (Å²) in [5, 5.41) is 5.09. The average molecular weight is 326 g/mol. The van der Waals surface area contributed by atoms with Crippen LogP contribution in [0, 0.1) is 0 Å². The molecule has 0 radical (unpaired) electrons. The topological polar surface area (TPSA) is 82.2 Å². The normalized spacial score (nSPS) is 11.3. The van der Waals surface area contributed by atoms with E-state index in [1.807, 2.05) is 30.3 Å². The summed E-state index contributed by atoms with van der Waals surface area (Å²) in [6, 6.07) is 18.7. The molecular formula is C17H14N2O3S. The van der Waals surface area contributed by atoms with E-state index in [2.05, 4.69) is 0 Å². The number of aromatic nitrogens is 1. The number of nitrogens with two attached hydrogens (primary N) is 1. The van der Waals surface area contributed by atoms with E-state index in [-0.39, 0.29) is 10.5 Å². The molecule has 3 aromatic rings. The number of pyridine rings is 1. The van der Waals surface area contributed by atoms with E-state index in [1.165, 1.54) is 18.2 Å². The fourth-order valence-corrected chi connectivity index (χ4v) is 2.80. The first-order valence-electron chi connectivity index (χ1n) is 6.86. The highest BCUT2D eigenvalue weighted by Gasteiger charge is 2.08. The lowest BCUT2D eigenvalue weighted by atomic mass is 10.1. The van der Waals surface area contributed by atoms with Crippen molar-refractivity contribution >= 4 is 10.0 Å². The van der Waals surface area contributed by atoms with Crippen molar-refractivity contribution in [2.24, 2.45) is 5.14 Å². The number of para-hydroxylation sites is 1. The highest BCUT2D eigenvalue weighted by atomic mass is 32.2. The first-order chi connectivity index (χ1) is 10.9. The monoisotopic (exact) mass is 326 g/mol. The molecule has 1 aromatic heterocycles. The van der Waals surface area contributed by atoms with Gasteiger partial charge in [0.1, 0.15) is 0 Å². The lowest BCUT2D eigenvalue weighted by Crippen LogP contribution is -2.16. The number of hydrogen-bond donors (Lipinski definition) is 1. The van der Waals surface area contributed by atoms with Crippen LogP contribution < -0.4 is 10.7 Å². The molecule has 116 valence electrons. The standard InChI is InChI=1S/C17H14N2O3S/c18-23(21,22)16-9-6-13(7-10-16)14-8-11-17(20)19(12-14)15-4-2-1-3-5-15/h1-12H,(H2,18,21,22). The summed E-state index contributed by atoms with van der Waals surface area (Å²) in [6.45, 7) is 0. The minimum atomic E-state index is -3.71. The molecule has 0 aliphatic rings. The third-order valence-corrected chi connectivity index (χ3v) is 4.39. The highest BCUT2D eigenvalue weighted by molar-refractivity contribution is 7.89. The van der Waals surface area contributed by atoms with Crippen LogP contribution >= 0.6 is 0 Å². The number of hydrogen-bond acceptors (Lipinski definition) is 3. The van der Waals surface area contributed by atoms with Gasteiger partial charge in [-0.15, -0.1) is 0 Å². The summed E-state index contributed by atoms with van der Waals surface area (Å²) in [4.78, 5) is 12.1. The van der Waals surface area contributed by atoms with Crippen LogP contribution in [0.15, 0.2) is 82.6 Å². The molecule has 0 saturated carbocycles. The van der Waals surface area contributed by atoms with Crippen LogP contribution in [0.4, 0.5) is 0 Å². The van der Waals surface area contributed by atoms with Gasteiger partial charge in [0.25, 0.3) is 5.56 Å². The molecule has 0 aliphatic heterocycles. The molecule has 1 heterocycles. The minimum absolute atomic E-state index is 0.0534. The van der Waals surface area contributed by atoms with Gasteiger partial charge in [0.2, 0.25) is 10.0 Å². The van der Waals surface area contributed by atoms with Gasteiger partial charge < -0.3 is 0 Å². The van der Waals surface area contributed by atoms with Gasteiger partial charge in [-0.3, -0.25) is 9.36 Å². The smallest absolute Gasteiger partial charge is 0.255 e. The maximum Gasteiger partial charge on any atom is 0.255 e. The van der Waals surface area contributed by atoms with Crippen molar-refractivity contribution in [3.63, 3.8) is 0 Å². The van der Waals surface area contributed by atoms with E-state index in [0.29, 0.717) is 0 Å². The fraction of sp³-hybridized carbons (Fsp3) is 0. The summed E-state index contributed by atoms with van der Waals surface area (Å²) in [5.41, 5.74) is 2.22. The van der Waals surface area contributed by atoms with Crippen LogP contribution in [-0.2, 0) is 10.0 Å². The number of rotatable bonds is 3. The molecular weight excluding hydrogens is 312 g/mol. The summed E-state index contributed by atoms with van der Waals surface area (Å²) in [7, 11) is -3.71. The maximum atomic E-state index is 12.1. The molecule has 5 nitrogen and oxygen atoms in total. The molecule has 6 heteroatoms. The van der Waals surface area contributed by atoms with Crippen LogP contribution in [0.2, 0.25) is 0 Å². The Hall–Kier alpha value is -2.70. The Morgan fingerprint density at radius 3 is 2.00 bits per heavy atom. The van der Waals surface area contributed by atoms with Crippen molar-refractivity contribution in [2.75, 3.05) is 0 Å². The Labute approximate surface area is 133 Å². The summed E-state index contributed by atoms with van der Waals surface area (Å²) >= 11 is 0. The fourth-order valence-electron chi connectivity index (χ4n) is 2.29. The number of sulfonamides is 1. The molecule has 0 aliphatic carbocycles. The molecule has 0 bridgehead atoms. The molecule has 0 fully saturated rings. The third kappa shape index (κ3) is 3.23.